The SMILES string of the molecule is CN=C(NC)NCc1ccc(F)c(C)c1.I. The molecule has 0 fully saturated rings. The van der Waals surface area contributed by atoms with E-state index in [1.54, 1.807) is 27.1 Å². The number of halogens is 2. The first kappa shape index (κ1) is 15.2. The number of aliphatic imine (C=N–C) groups is 1. The Bertz CT molecular complexity index is 366. The summed E-state index contributed by atoms with van der Waals surface area (Å²) in [4.78, 5) is 3.98. The van der Waals surface area contributed by atoms with E-state index in [1.807, 2.05) is 6.07 Å². The van der Waals surface area contributed by atoms with Crippen LogP contribution in [0.5, 0.6) is 0 Å². The van der Waals surface area contributed by atoms with Crippen LogP contribution in [0.2, 0.25) is 0 Å². The summed E-state index contributed by atoms with van der Waals surface area (Å²) in [6.07, 6.45) is 0. The highest BCUT2D eigenvalue weighted by Crippen LogP contribution is 2.08. The highest BCUT2D eigenvalue weighted by Gasteiger charge is 1.99. The van der Waals surface area contributed by atoms with Gasteiger partial charge in [-0.25, -0.2) is 4.39 Å². The van der Waals surface area contributed by atoms with Gasteiger partial charge >= 0.3 is 0 Å². The van der Waals surface area contributed by atoms with Crippen molar-refractivity contribution in [3.63, 3.8) is 0 Å². The van der Waals surface area contributed by atoms with Gasteiger partial charge in [-0.05, 0) is 24.1 Å². The van der Waals surface area contributed by atoms with E-state index in [9.17, 15) is 4.39 Å². The topological polar surface area (TPSA) is 36.4 Å². The van der Waals surface area contributed by atoms with Crippen LogP contribution in [-0.2, 0) is 6.54 Å². The second kappa shape index (κ2) is 7.43. The van der Waals surface area contributed by atoms with Crippen LogP contribution in [0.1, 0.15) is 11.1 Å². The second-order valence-electron chi connectivity index (χ2n) is 3.26. The first-order valence-electron chi connectivity index (χ1n) is 4.80. The van der Waals surface area contributed by atoms with Gasteiger partial charge in [-0.3, -0.25) is 4.99 Å². The third kappa shape index (κ3) is 4.34. The van der Waals surface area contributed by atoms with Gasteiger partial charge in [0.2, 0.25) is 0 Å². The van der Waals surface area contributed by atoms with Crippen molar-refractivity contribution >= 4 is 29.9 Å². The van der Waals surface area contributed by atoms with Crippen molar-refractivity contribution in [3.05, 3.63) is 35.1 Å². The van der Waals surface area contributed by atoms with Crippen molar-refractivity contribution in [3.8, 4) is 0 Å². The van der Waals surface area contributed by atoms with Gasteiger partial charge in [-0.15, -0.1) is 24.0 Å². The number of guanidine groups is 1. The Labute approximate surface area is 113 Å². The van der Waals surface area contributed by atoms with Crippen LogP contribution >= 0.6 is 24.0 Å². The lowest BCUT2D eigenvalue weighted by molar-refractivity contribution is 0.617. The smallest absolute Gasteiger partial charge is 0.190 e. The third-order valence-electron chi connectivity index (χ3n) is 2.14. The Morgan fingerprint density at radius 2 is 2.12 bits per heavy atom. The maximum Gasteiger partial charge on any atom is 0.190 e. The molecule has 3 nitrogen and oxygen atoms in total. The first-order valence-corrected chi connectivity index (χ1v) is 4.80. The minimum atomic E-state index is -0.170. The highest BCUT2D eigenvalue weighted by atomic mass is 127. The van der Waals surface area contributed by atoms with E-state index < -0.39 is 0 Å². The predicted molar refractivity (Wildman–Crippen MR) is 75.8 cm³/mol. The lowest BCUT2D eigenvalue weighted by atomic mass is 10.1. The number of rotatable bonds is 2. The molecule has 1 aromatic rings. The molecule has 1 rings (SSSR count). The van der Waals surface area contributed by atoms with Gasteiger partial charge in [0.1, 0.15) is 5.82 Å². The number of nitrogens with zero attached hydrogens (tertiary/aromatic N) is 1. The van der Waals surface area contributed by atoms with Gasteiger partial charge in [0.25, 0.3) is 0 Å². The van der Waals surface area contributed by atoms with Gasteiger partial charge in [-0.2, -0.15) is 0 Å². The van der Waals surface area contributed by atoms with E-state index in [-0.39, 0.29) is 29.8 Å². The molecule has 0 saturated carbocycles. The van der Waals surface area contributed by atoms with Crippen LogP contribution in [0.25, 0.3) is 0 Å². The van der Waals surface area contributed by atoms with Crippen molar-refractivity contribution in [1.29, 1.82) is 0 Å². The third-order valence-corrected chi connectivity index (χ3v) is 2.14. The minimum Gasteiger partial charge on any atom is -0.359 e. The molecule has 0 unspecified atom stereocenters. The van der Waals surface area contributed by atoms with Crippen molar-refractivity contribution < 1.29 is 4.39 Å². The molecule has 0 aliphatic rings. The quantitative estimate of drug-likeness (QED) is 0.492. The van der Waals surface area contributed by atoms with Gasteiger partial charge in [-0.1, -0.05) is 12.1 Å². The molecule has 0 atom stereocenters. The maximum atomic E-state index is 13.0. The van der Waals surface area contributed by atoms with Crippen LogP contribution in [-0.4, -0.2) is 20.1 Å². The fourth-order valence-corrected chi connectivity index (χ4v) is 1.28. The zero-order chi connectivity index (χ0) is 11.3. The van der Waals surface area contributed by atoms with Crippen molar-refractivity contribution in [2.75, 3.05) is 14.1 Å². The number of nitrogens with one attached hydrogen (secondary N) is 2. The zero-order valence-corrected chi connectivity index (χ0v) is 12.0. The van der Waals surface area contributed by atoms with Crippen LogP contribution in [0.3, 0.4) is 0 Å². The van der Waals surface area contributed by atoms with E-state index in [0.29, 0.717) is 12.1 Å². The molecule has 0 saturated heterocycles. The van der Waals surface area contributed by atoms with E-state index >= 15 is 0 Å². The van der Waals surface area contributed by atoms with E-state index in [1.165, 1.54) is 6.07 Å². The van der Waals surface area contributed by atoms with Crippen molar-refractivity contribution in [2.45, 2.75) is 13.5 Å². The molecule has 2 N–H and O–H groups in total. The number of aryl methyl sites for hydroxylation is 1. The summed E-state index contributed by atoms with van der Waals surface area (Å²) in [7, 11) is 3.50. The molecule has 0 heterocycles. The summed E-state index contributed by atoms with van der Waals surface area (Å²) in [5.41, 5.74) is 1.69. The van der Waals surface area contributed by atoms with Gasteiger partial charge in [0, 0.05) is 20.6 Å². The molecule has 0 aliphatic carbocycles. The molecular formula is C11H17FIN3. The molecular weight excluding hydrogens is 320 g/mol. The lowest BCUT2D eigenvalue weighted by Crippen LogP contribution is -2.34. The number of hydrogen-bond acceptors (Lipinski definition) is 1. The molecule has 0 amide bonds. The van der Waals surface area contributed by atoms with Gasteiger partial charge in [0.15, 0.2) is 5.96 Å². The van der Waals surface area contributed by atoms with Gasteiger partial charge in [0.05, 0.1) is 0 Å². The standard InChI is InChI=1S/C11H16FN3.HI/c1-8-6-9(4-5-10(8)12)7-15-11(13-2)14-3;/h4-6H,7H2,1-3H3,(H2,13,14,15);1H. The van der Waals surface area contributed by atoms with Crippen LogP contribution in [0.15, 0.2) is 23.2 Å². The summed E-state index contributed by atoms with van der Waals surface area (Å²) in [5.74, 6) is 0.550. The molecule has 5 heteroatoms. The van der Waals surface area contributed by atoms with Gasteiger partial charge < -0.3 is 10.6 Å². The molecule has 0 spiro atoms. The molecule has 0 bridgehead atoms. The fourth-order valence-electron chi connectivity index (χ4n) is 1.28. The Hall–Kier alpha value is -0.850. The number of benzene rings is 1. The van der Waals surface area contributed by atoms with E-state index in [0.717, 1.165) is 11.5 Å². The van der Waals surface area contributed by atoms with Crippen LogP contribution in [0.4, 0.5) is 4.39 Å². The normalized spacial score (nSPS) is 10.6. The Kier molecular flexibility index (Phi) is 7.03. The fraction of sp³-hybridized carbons (Fsp3) is 0.364. The molecule has 16 heavy (non-hydrogen) atoms. The second-order valence-corrected chi connectivity index (χ2v) is 3.26. The molecule has 90 valence electrons. The largest absolute Gasteiger partial charge is 0.359 e. The molecule has 1 aromatic carbocycles. The molecule has 0 radical (unpaired) electrons. The van der Waals surface area contributed by atoms with Crippen LogP contribution in [0, 0.1) is 12.7 Å². The summed E-state index contributed by atoms with van der Waals surface area (Å²) in [5, 5.41) is 6.01. The van der Waals surface area contributed by atoms with Crippen LogP contribution < -0.4 is 10.6 Å². The summed E-state index contributed by atoms with van der Waals surface area (Å²) < 4.78 is 13.0. The monoisotopic (exact) mass is 337 g/mol. The molecule has 0 aromatic heterocycles. The van der Waals surface area contributed by atoms with Crippen molar-refractivity contribution in [1.82, 2.24) is 10.6 Å². The first-order chi connectivity index (χ1) is 7.17. The zero-order valence-electron chi connectivity index (χ0n) is 9.67. The average molecular weight is 337 g/mol. The Morgan fingerprint density at radius 3 is 2.62 bits per heavy atom. The summed E-state index contributed by atoms with van der Waals surface area (Å²) in [6, 6.07) is 5.07. The summed E-state index contributed by atoms with van der Waals surface area (Å²) in [6.45, 7) is 2.39. The average Bonchev–Trinajstić information content (AvgIpc) is 2.24. The predicted octanol–water partition coefficient (Wildman–Crippen LogP) is 2.05. The maximum absolute atomic E-state index is 13.0. The molecule has 0 aliphatic heterocycles. The minimum absolute atomic E-state index is 0. The summed E-state index contributed by atoms with van der Waals surface area (Å²) >= 11 is 0. The highest BCUT2D eigenvalue weighted by molar-refractivity contribution is 14.0. The Balaban J connectivity index is 0.00000225. The number of hydrogen-bond donors (Lipinski definition) is 2. The Morgan fingerprint density at radius 1 is 1.44 bits per heavy atom. The van der Waals surface area contributed by atoms with E-state index in [4.69, 9.17) is 0 Å². The lowest BCUT2D eigenvalue weighted by Gasteiger charge is -2.09. The van der Waals surface area contributed by atoms with E-state index in [2.05, 4.69) is 15.6 Å². The van der Waals surface area contributed by atoms with Crippen molar-refractivity contribution in [2.24, 2.45) is 4.99 Å².